The van der Waals surface area contributed by atoms with E-state index in [1.807, 2.05) is 11.0 Å². The maximum absolute atomic E-state index is 13.0. The minimum atomic E-state index is -0.245. The first-order valence-corrected chi connectivity index (χ1v) is 8.91. The Hall–Kier alpha value is -2.43. The predicted molar refractivity (Wildman–Crippen MR) is 96.9 cm³/mol. The van der Waals surface area contributed by atoms with Gasteiger partial charge in [0.15, 0.2) is 0 Å². The summed E-state index contributed by atoms with van der Waals surface area (Å²) in [6.07, 6.45) is 7.67. The molecule has 1 amide bonds. The Kier molecular flexibility index (Phi) is 5.64. The maximum atomic E-state index is 13.0. The van der Waals surface area contributed by atoms with Crippen molar-refractivity contribution in [2.75, 3.05) is 11.9 Å². The van der Waals surface area contributed by atoms with E-state index in [1.54, 1.807) is 24.5 Å². The van der Waals surface area contributed by atoms with Gasteiger partial charge >= 0.3 is 0 Å². The van der Waals surface area contributed by atoms with Gasteiger partial charge in [0.25, 0.3) is 5.91 Å². The number of anilines is 1. The summed E-state index contributed by atoms with van der Waals surface area (Å²) in [6, 6.07) is 8.54. The monoisotopic (exact) mass is 341 g/mol. The van der Waals surface area contributed by atoms with Crippen molar-refractivity contribution >= 4 is 11.6 Å². The van der Waals surface area contributed by atoms with Crippen LogP contribution in [0.25, 0.3) is 0 Å². The van der Waals surface area contributed by atoms with Gasteiger partial charge in [0.1, 0.15) is 5.82 Å². The minimum Gasteiger partial charge on any atom is -0.380 e. The molecule has 1 fully saturated rings. The molecule has 0 spiro atoms. The molecule has 1 atom stereocenters. The molecule has 1 N–H and O–H groups in total. The van der Waals surface area contributed by atoms with E-state index in [4.69, 9.17) is 0 Å². The Balaban J connectivity index is 1.68. The van der Waals surface area contributed by atoms with Crippen molar-refractivity contribution in [2.45, 2.75) is 45.2 Å². The molecule has 132 valence electrons. The van der Waals surface area contributed by atoms with Crippen molar-refractivity contribution in [2.24, 2.45) is 0 Å². The second kappa shape index (κ2) is 8.10. The van der Waals surface area contributed by atoms with Crippen LogP contribution in [0.15, 0.2) is 42.7 Å². The Morgan fingerprint density at radius 3 is 2.84 bits per heavy atom. The minimum absolute atomic E-state index is 0.0597. The molecule has 4 nitrogen and oxygen atoms in total. The number of halogens is 1. The molecular weight excluding hydrogens is 317 g/mol. The number of likely N-dealkylation sites (tertiary alicyclic amines) is 1. The summed E-state index contributed by atoms with van der Waals surface area (Å²) >= 11 is 0. The number of benzene rings is 1. The zero-order valence-electron chi connectivity index (χ0n) is 14.5. The zero-order valence-corrected chi connectivity index (χ0v) is 14.5. The number of rotatable bonds is 5. The highest BCUT2D eigenvalue weighted by atomic mass is 19.1. The molecule has 1 aromatic heterocycles. The van der Waals surface area contributed by atoms with Crippen molar-refractivity contribution in [3.8, 4) is 0 Å². The predicted octanol–water partition coefficient (Wildman–Crippen LogP) is 4.24. The molecule has 1 aromatic carbocycles. The number of piperidine rings is 1. The second-order valence-corrected chi connectivity index (χ2v) is 6.50. The molecule has 1 unspecified atom stereocenters. The highest BCUT2D eigenvalue weighted by molar-refractivity contribution is 5.95. The first kappa shape index (κ1) is 17.4. The van der Waals surface area contributed by atoms with E-state index in [0.29, 0.717) is 18.2 Å². The Morgan fingerprint density at radius 1 is 1.28 bits per heavy atom. The average molecular weight is 341 g/mol. The molecular formula is C20H24FN3O. The van der Waals surface area contributed by atoms with E-state index in [-0.39, 0.29) is 11.7 Å². The van der Waals surface area contributed by atoms with E-state index in [2.05, 4.69) is 17.2 Å². The number of hydrogen-bond acceptors (Lipinski definition) is 3. The maximum Gasteiger partial charge on any atom is 0.255 e. The summed E-state index contributed by atoms with van der Waals surface area (Å²) in [5, 5.41) is 3.25. The SMILES string of the molecule is CCC1CCCCN1C(=O)c1cncc(NCc2ccc(F)cc2)c1. The number of amides is 1. The topological polar surface area (TPSA) is 45.2 Å². The molecule has 5 heteroatoms. The third-order valence-corrected chi connectivity index (χ3v) is 4.75. The van der Waals surface area contributed by atoms with E-state index < -0.39 is 0 Å². The molecule has 0 radical (unpaired) electrons. The third-order valence-electron chi connectivity index (χ3n) is 4.75. The number of carbonyl (C=O) groups is 1. The molecule has 2 heterocycles. The van der Waals surface area contributed by atoms with Crippen LogP contribution in [0, 0.1) is 5.82 Å². The van der Waals surface area contributed by atoms with Crippen LogP contribution < -0.4 is 5.32 Å². The molecule has 0 bridgehead atoms. The summed E-state index contributed by atoms with van der Waals surface area (Å²) in [4.78, 5) is 19.0. The summed E-state index contributed by atoms with van der Waals surface area (Å²) < 4.78 is 13.0. The Labute approximate surface area is 148 Å². The Morgan fingerprint density at radius 2 is 2.08 bits per heavy atom. The fourth-order valence-corrected chi connectivity index (χ4v) is 3.32. The molecule has 0 saturated carbocycles. The number of hydrogen-bond donors (Lipinski definition) is 1. The van der Waals surface area contributed by atoms with E-state index in [0.717, 1.165) is 37.1 Å². The highest BCUT2D eigenvalue weighted by Gasteiger charge is 2.26. The highest BCUT2D eigenvalue weighted by Crippen LogP contribution is 2.22. The largest absolute Gasteiger partial charge is 0.380 e. The molecule has 3 rings (SSSR count). The van der Waals surface area contributed by atoms with Gasteiger partial charge in [-0.2, -0.15) is 0 Å². The van der Waals surface area contributed by atoms with Crippen LogP contribution >= 0.6 is 0 Å². The fourth-order valence-electron chi connectivity index (χ4n) is 3.32. The summed E-state index contributed by atoms with van der Waals surface area (Å²) in [5.74, 6) is -0.186. The summed E-state index contributed by atoms with van der Waals surface area (Å²) in [5.41, 5.74) is 2.38. The fraction of sp³-hybridized carbons (Fsp3) is 0.400. The Bertz CT molecular complexity index is 717. The lowest BCUT2D eigenvalue weighted by Crippen LogP contribution is -2.43. The van der Waals surface area contributed by atoms with E-state index in [1.165, 1.54) is 18.6 Å². The van der Waals surface area contributed by atoms with Crippen molar-refractivity contribution in [3.05, 3.63) is 59.7 Å². The van der Waals surface area contributed by atoms with Crippen LogP contribution in [0.1, 0.15) is 48.5 Å². The summed E-state index contributed by atoms with van der Waals surface area (Å²) in [7, 11) is 0. The van der Waals surface area contributed by atoms with Gasteiger partial charge < -0.3 is 10.2 Å². The van der Waals surface area contributed by atoms with Crippen LogP contribution in [0.2, 0.25) is 0 Å². The molecule has 1 saturated heterocycles. The van der Waals surface area contributed by atoms with Crippen molar-refractivity contribution in [3.63, 3.8) is 0 Å². The van der Waals surface area contributed by atoms with Crippen molar-refractivity contribution in [1.82, 2.24) is 9.88 Å². The van der Waals surface area contributed by atoms with Gasteiger partial charge in [-0.1, -0.05) is 19.1 Å². The van der Waals surface area contributed by atoms with Crippen LogP contribution in [0.3, 0.4) is 0 Å². The van der Waals surface area contributed by atoms with Gasteiger partial charge in [-0.15, -0.1) is 0 Å². The van der Waals surface area contributed by atoms with Gasteiger partial charge in [-0.3, -0.25) is 9.78 Å². The van der Waals surface area contributed by atoms with Crippen molar-refractivity contribution < 1.29 is 9.18 Å². The van der Waals surface area contributed by atoms with Gasteiger partial charge in [-0.25, -0.2) is 4.39 Å². The lowest BCUT2D eigenvalue weighted by molar-refractivity contribution is 0.0607. The molecule has 0 aliphatic carbocycles. The smallest absolute Gasteiger partial charge is 0.255 e. The van der Waals surface area contributed by atoms with Crippen LogP contribution in [0.4, 0.5) is 10.1 Å². The van der Waals surface area contributed by atoms with E-state index in [9.17, 15) is 9.18 Å². The van der Waals surface area contributed by atoms with Crippen LogP contribution in [-0.4, -0.2) is 28.4 Å². The van der Waals surface area contributed by atoms with Gasteiger partial charge in [0.2, 0.25) is 0 Å². The van der Waals surface area contributed by atoms with Crippen LogP contribution in [0.5, 0.6) is 0 Å². The third kappa shape index (κ3) is 4.35. The molecule has 1 aliphatic rings. The number of pyridine rings is 1. The first-order chi connectivity index (χ1) is 12.2. The number of nitrogens with one attached hydrogen (secondary N) is 1. The van der Waals surface area contributed by atoms with Gasteiger partial charge in [0.05, 0.1) is 11.3 Å². The number of carbonyl (C=O) groups excluding carboxylic acids is 1. The summed E-state index contributed by atoms with van der Waals surface area (Å²) in [6.45, 7) is 3.51. The number of aromatic nitrogens is 1. The van der Waals surface area contributed by atoms with Crippen molar-refractivity contribution in [1.29, 1.82) is 0 Å². The van der Waals surface area contributed by atoms with E-state index >= 15 is 0 Å². The van der Waals surface area contributed by atoms with Gasteiger partial charge in [-0.05, 0) is 49.4 Å². The second-order valence-electron chi connectivity index (χ2n) is 6.50. The quantitative estimate of drug-likeness (QED) is 0.885. The molecule has 2 aromatic rings. The standard InChI is InChI=1S/C20H24FN3O/c1-2-19-5-3-4-10-24(19)20(25)16-11-18(14-22-13-16)23-12-15-6-8-17(21)9-7-15/h6-9,11,13-14,19,23H,2-5,10,12H2,1H3. The normalized spacial score (nSPS) is 17.4. The lowest BCUT2D eigenvalue weighted by atomic mass is 9.99. The number of nitrogens with zero attached hydrogens (tertiary/aromatic N) is 2. The molecule has 1 aliphatic heterocycles. The zero-order chi connectivity index (χ0) is 17.6. The average Bonchev–Trinajstić information content (AvgIpc) is 2.67. The lowest BCUT2D eigenvalue weighted by Gasteiger charge is -2.35. The molecule has 25 heavy (non-hydrogen) atoms. The first-order valence-electron chi connectivity index (χ1n) is 8.91. The van der Waals surface area contributed by atoms with Gasteiger partial charge in [0, 0.05) is 31.5 Å². The van der Waals surface area contributed by atoms with Crippen LogP contribution in [-0.2, 0) is 6.54 Å².